The molecule has 5 heteroatoms. The van der Waals surface area contributed by atoms with Crippen LogP contribution >= 0.6 is 23.8 Å². The summed E-state index contributed by atoms with van der Waals surface area (Å²) in [5.41, 5.74) is 12.6. The van der Waals surface area contributed by atoms with Crippen LogP contribution in [0.25, 0.3) is 0 Å². The van der Waals surface area contributed by atoms with E-state index in [9.17, 15) is 0 Å². The van der Waals surface area contributed by atoms with Crippen molar-refractivity contribution in [2.75, 3.05) is 0 Å². The lowest BCUT2D eigenvalue weighted by molar-refractivity contribution is 1.10. The van der Waals surface area contributed by atoms with E-state index in [1.54, 1.807) is 12.1 Å². The molecular weight excluding hydrogens is 242 g/mol. The maximum absolute atomic E-state index is 8.81. The minimum Gasteiger partial charge on any atom is -0.401 e. The molecule has 0 heterocycles. The van der Waals surface area contributed by atoms with Crippen LogP contribution in [0.15, 0.2) is 35.5 Å². The van der Waals surface area contributed by atoms with E-state index in [2.05, 4.69) is 0 Å². The third-order valence-electron chi connectivity index (χ3n) is 1.99. The summed E-state index contributed by atoms with van der Waals surface area (Å²) in [5, 5.41) is 9.47. The summed E-state index contributed by atoms with van der Waals surface area (Å²) < 4.78 is 0. The molecule has 0 amide bonds. The normalized spacial score (nSPS) is 11.5. The molecule has 0 fully saturated rings. The molecule has 1 aromatic rings. The van der Waals surface area contributed by atoms with Crippen LogP contribution in [0.5, 0.6) is 0 Å². The van der Waals surface area contributed by atoms with Gasteiger partial charge in [0.1, 0.15) is 16.6 Å². The number of allylic oxidation sites excluding steroid dienone is 1. The zero-order valence-electron chi connectivity index (χ0n) is 8.40. The number of halogens is 1. The van der Waals surface area contributed by atoms with E-state index in [1.165, 1.54) is 0 Å². The molecule has 0 unspecified atom stereocenters. The number of nitriles is 1. The second kappa shape index (κ2) is 5.50. The van der Waals surface area contributed by atoms with Gasteiger partial charge in [0.2, 0.25) is 0 Å². The first kappa shape index (κ1) is 12.5. The molecule has 0 aliphatic rings. The fourth-order valence-corrected chi connectivity index (χ4v) is 1.50. The predicted molar refractivity (Wildman–Crippen MR) is 68.8 cm³/mol. The summed E-state index contributed by atoms with van der Waals surface area (Å²) in [6.45, 7) is 0. The lowest BCUT2D eigenvalue weighted by Gasteiger charge is -2.04. The van der Waals surface area contributed by atoms with Gasteiger partial charge in [-0.05, 0) is 17.7 Å². The van der Waals surface area contributed by atoms with E-state index in [0.717, 1.165) is 5.56 Å². The Morgan fingerprint density at radius 3 is 2.31 bits per heavy atom. The minimum absolute atomic E-state index is 0.0222. The third-order valence-corrected chi connectivity index (χ3v) is 2.44. The first-order valence-corrected chi connectivity index (χ1v) is 5.26. The third kappa shape index (κ3) is 3.23. The summed E-state index contributed by atoms with van der Waals surface area (Å²) in [6.07, 6.45) is 0.428. The van der Waals surface area contributed by atoms with Crippen LogP contribution in [-0.4, -0.2) is 4.99 Å². The Balaban J connectivity index is 2.93. The Morgan fingerprint density at radius 2 is 1.88 bits per heavy atom. The van der Waals surface area contributed by atoms with Crippen LogP contribution in [-0.2, 0) is 6.42 Å². The minimum atomic E-state index is 0.0222. The highest BCUT2D eigenvalue weighted by Crippen LogP contribution is 2.13. The SMILES string of the molecule is N#CC(C(N)=S)=C(N)Cc1ccc(Cl)cc1. The van der Waals surface area contributed by atoms with E-state index in [0.29, 0.717) is 17.1 Å². The number of nitrogens with two attached hydrogens (primary N) is 2. The number of rotatable bonds is 3. The van der Waals surface area contributed by atoms with Crippen molar-refractivity contribution in [1.29, 1.82) is 5.26 Å². The highest BCUT2D eigenvalue weighted by molar-refractivity contribution is 7.80. The van der Waals surface area contributed by atoms with Crippen molar-refractivity contribution < 1.29 is 0 Å². The van der Waals surface area contributed by atoms with Crippen molar-refractivity contribution >= 4 is 28.8 Å². The van der Waals surface area contributed by atoms with Crippen LogP contribution in [0.2, 0.25) is 5.02 Å². The summed E-state index contributed by atoms with van der Waals surface area (Å²) in [4.78, 5) is 0.0222. The van der Waals surface area contributed by atoms with Gasteiger partial charge >= 0.3 is 0 Å². The van der Waals surface area contributed by atoms with E-state index >= 15 is 0 Å². The molecule has 3 nitrogen and oxygen atoms in total. The fourth-order valence-electron chi connectivity index (χ4n) is 1.20. The molecule has 0 atom stereocenters. The molecule has 0 radical (unpaired) electrons. The molecule has 0 saturated carbocycles. The number of benzene rings is 1. The molecular formula is C11H10ClN3S. The maximum Gasteiger partial charge on any atom is 0.116 e. The summed E-state index contributed by atoms with van der Waals surface area (Å²) in [6, 6.07) is 9.09. The largest absolute Gasteiger partial charge is 0.401 e. The summed E-state index contributed by atoms with van der Waals surface area (Å²) in [5.74, 6) is 0. The molecule has 0 aliphatic heterocycles. The van der Waals surface area contributed by atoms with Crippen LogP contribution in [0.1, 0.15) is 5.56 Å². The highest BCUT2D eigenvalue weighted by atomic mass is 35.5. The Morgan fingerprint density at radius 1 is 1.31 bits per heavy atom. The van der Waals surface area contributed by atoms with Crippen molar-refractivity contribution in [1.82, 2.24) is 0 Å². The van der Waals surface area contributed by atoms with Crippen LogP contribution < -0.4 is 11.5 Å². The van der Waals surface area contributed by atoms with Gasteiger partial charge in [-0.3, -0.25) is 0 Å². The number of hydrogen-bond acceptors (Lipinski definition) is 3. The Bertz CT molecular complexity index is 471. The molecule has 16 heavy (non-hydrogen) atoms. The summed E-state index contributed by atoms with van der Waals surface area (Å²) in [7, 11) is 0. The second-order valence-corrected chi connectivity index (χ2v) is 4.06. The molecule has 0 saturated heterocycles. The van der Waals surface area contributed by atoms with Crippen LogP contribution in [0.3, 0.4) is 0 Å². The van der Waals surface area contributed by atoms with E-state index in [-0.39, 0.29) is 10.6 Å². The standard InChI is InChI=1S/C11H10ClN3S/c12-8-3-1-7(2-4-8)5-10(14)9(6-13)11(15)16/h1-4H,5,14H2,(H2,15,16). The van der Waals surface area contributed by atoms with Crippen LogP contribution in [0.4, 0.5) is 0 Å². The molecule has 4 N–H and O–H groups in total. The van der Waals surface area contributed by atoms with Crippen molar-refractivity contribution in [3.05, 3.63) is 46.1 Å². The van der Waals surface area contributed by atoms with Gasteiger partial charge in [-0.2, -0.15) is 5.26 Å². The van der Waals surface area contributed by atoms with Crippen molar-refractivity contribution in [2.24, 2.45) is 11.5 Å². The van der Waals surface area contributed by atoms with Gasteiger partial charge in [0.15, 0.2) is 0 Å². The van der Waals surface area contributed by atoms with Crippen molar-refractivity contribution in [2.45, 2.75) is 6.42 Å². The molecule has 0 aromatic heterocycles. The van der Waals surface area contributed by atoms with Gasteiger partial charge in [0, 0.05) is 17.1 Å². The maximum atomic E-state index is 8.81. The lowest BCUT2D eigenvalue weighted by atomic mass is 10.1. The van der Waals surface area contributed by atoms with E-state index in [1.807, 2.05) is 18.2 Å². The van der Waals surface area contributed by atoms with Gasteiger partial charge in [-0.15, -0.1) is 0 Å². The first-order chi connectivity index (χ1) is 7.54. The Labute approximate surface area is 104 Å². The van der Waals surface area contributed by atoms with Gasteiger partial charge in [0.05, 0.1) is 0 Å². The van der Waals surface area contributed by atoms with E-state index < -0.39 is 0 Å². The molecule has 1 aromatic carbocycles. The van der Waals surface area contributed by atoms with Crippen molar-refractivity contribution in [3.8, 4) is 6.07 Å². The summed E-state index contributed by atoms with van der Waals surface area (Å²) >= 11 is 10.5. The monoisotopic (exact) mass is 251 g/mol. The van der Waals surface area contributed by atoms with Crippen molar-refractivity contribution in [3.63, 3.8) is 0 Å². The van der Waals surface area contributed by atoms with Gasteiger partial charge in [-0.25, -0.2) is 0 Å². The highest BCUT2D eigenvalue weighted by Gasteiger charge is 2.06. The van der Waals surface area contributed by atoms with Crippen LogP contribution in [0, 0.1) is 11.3 Å². The number of nitrogens with zero attached hydrogens (tertiary/aromatic N) is 1. The molecule has 82 valence electrons. The van der Waals surface area contributed by atoms with E-state index in [4.69, 9.17) is 40.5 Å². The number of thiocarbonyl (C=S) groups is 1. The zero-order chi connectivity index (χ0) is 12.1. The molecule has 0 bridgehead atoms. The Kier molecular flexibility index (Phi) is 4.29. The second-order valence-electron chi connectivity index (χ2n) is 3.18. The lowest BCUT2D eigenvalue weighted by Crippen LogP contribution is -2.17. The molecule has 0 spiro atoms. The average Bonchev–Trinajstić information content (AvgIpc) is 2.22. The Hall–Kier alpha value is -1.57. The quantitative estimate of drug-likeness (QED) is 0.489. The fraction of sp³-hybridized carbons (Fsp3) is 0.0909. The number of hydrogen-bond donors (Lipinski definition) is 2. The van der Waals surface area contributed by atoms with Gasteiger partial charge in [0.25, 0.3) is 0 Å². The van der Waals surface area contributed by atoms with Gasteiger partial charge in [-0.1, -0.05) is 36.0 Å². The molecule has 1 rings (SSSR count). The smallest absolute Gasteiger partial charge is 0.116 e. The zero-order valence-corrected chi connectivity index (χ0v) is 9.98. The average molecular weight is 252 g/mol. The first-order valence-electron chi connectivity index (χ1n) is 4.47. The predicted octanol–water partition coefficient (Wildman–Crippen LogP) is 1.90. The topological polar surface area (TPSA) is 75.8 Å². The van der Waals surface area contributed by atoms with Gasteiger partial charge < -0.3 is 11.5 Å². The molecule has 0 aliphatic carbocycles.